The number of hydrogen-bond donors (Lipinski definition) is 3. The SMILES string of the molecule is CC(=O)NC1C(C)OC(O)C(NC(C)=O)C1OC(C)=O. The van der Waals surface area contributed by atoms with Crippen molar-refractivity contribution in [2.45, 2.75) is 58.3 Å². The van der Waals surface area contributed by atoms with E-state index >= 15 is 0 Å². The fraction of sp³-hybridized carbons (Fsp3) is 0.750. The summed E-state index contributed by atoms with van der Waals surface area (Å²) in [4.78, 5) is 33.7. The molecule has 0 aromatic heterocycles. The Morgan fingerprint density at radius 2 is 1.55 bits per heavy atom. The molecule has 114 valence electrons. The minimum atomic E-state index is -1.33. The van der Waals surface area contributed by atoms with E-state index in [2.05, 4.69) is 10.6 Å². The molecule has 8 heteroatoms. The molecule has 0 aromatic carbocycles. The number of hydrogen-bond acceptors (Lipinski definition) is 6. The molecule has 1 aliphatic rings. The Hall–Kier alpha value is -1.67. The lowest BCUT2D eigenvalue weighted by molar-refractivity contribution is -0.222. The third-order valence-corrected chi connectivity index (χ3v) is 2.92. The molecule has 3 N–H and O–H groups in total. The minimum Gasteiger partial charge on any atom is -0.458 e. The van der Waals surface area contributed by atoms with Crippen LogP contribution in [0.15, 0.2) is 0 Å². The van der Waals surface area contributed by atoms with Crippen LogP contribution in [0.1, 0.15) is 27.7 Å². The van der Waals surface area contributed by atoms with Gasteiger partial charge in [-0.05, 0) is 6.92 Å². The normalized spacial score (nSPS) is 33.1. The van der Waals surface area contributed by atoms with Crippen molar-refractivity contribution < 1.29 is 29.0 Å². The summed E-state index contributed by atoms with van der Waals surface area (Å²) in [6.45, 7) is 5.42. The third-order valence-electron chi connectivity index (χ3n) is 2.92. The van der Waals surface area contributed by atoms with Crippen LogP contribution in [-0.2, 0) is 23.9 Å². The average Bonchev–Trinajstić information content (AvgIpc) is 2.27. The van der Waals surface area contributed by atoms with Crippen molar-refractivity contribution in [2.24, 2.45) is 0 Å². The summed E-state index contributed by atoms with van der Waals surface area (Å²) in [5.41, 5.74) is 0. The Morgan fingerprint density at radius 3 is 2.00 bits per heavy atom. The average molecular weight is 288 g/mol. The lowest BCUT2D eigenvalue weighted by Crippen LogP contribution is -2.67. The van der Waals surface area contributed by atoms with Crippen molar-refractivity contribution in [1.29, 1.82) is 0 Å². The maximum Gasteiger partial charge on any atom is 0.303 e. The highest BCUT2D eigenvalue weighted by Crippen LogP contribution is 2.22. The summed E-state index contributed by atoms with van der Waals surface area (Å²) in [7, 11) is 0. The van der Waals surface area contributed by atoms with Crippen LogP contribution in [0.5, 0.6) is 0 Å². The van der Waals surface area contributed by atoms with Gasteiger partial charge in [-0.1, -0.05) is 0 Å². The zero-order valence-corrected chi connectivity index (χ0v) is 11.9. The maximum absolute atomic E-state index is 11.2. The molecule has 1 aliphatic heterocycles. The van der Waals surface area contributed by atoms with Gasteiger partial charge in [-0.2, -0.15) is 0 Å². The highest BCUT2D eigenvalue weighted by atomic mass is 16.6. The standard InChI is InChI=1S/C12H20N2O6/c1-5-9(13-6(2)15)11(20-8(4)17)10(12(18)19-5)14-7(3)16/h5,9-12,18H,1-4H3,(H,13,15)(H,14,16). The predicted molar refractivity (Wildman–Crippen MR) is 67.3 cm³/mol. The van der Waals surface area contributed by atoms with Gasteiger partial charge in [-0.3, -0.25) is 14.4 Å². The molecule has 0 aromatic rings. The molecule has 5 atom stereocenters. The first-order valence-corrected chi connectivity index (χ1v) is 6.27. The van der Waals surface area contributed by atoms with Crippen molar-refractivity contribution in [3.63, 3.8) is 0 Å². The number of carbonyl (C=O) groups is 3. The molecule has 1 heterocycles. The van der Waals surface area contributed by atoms with Gasteiger partial charge in [-0.15, -0.1) is 0 Å². The predicted octanol–water partition coefficient (Wildman–Crippen LogP) is -1.34. The minimum absolute atomic E-state index is 0.333. The zero-order chi connectivity index (χ0) is 15.4. The largest absolute Gasteiger partial charge is 0.458 e. The van der Waals surface area contributed by atoms with E-state index in [0.717, 1.165) is 0 Å². The lowest BCUT2D eigenvalue weighted by atomic mass is 9.94. The second-order valence-electron chi connectivity index (χ2n) is 4.76. The van der Waals surface area contributed by atoms with Crippen LogP contribution in [0.3, 0.4) is 0 Å². The first-order chi connectivity index (χ1) is 9.22. The Labute approximate surface area is 116 Å². The molecule has 2 amide bonds. The van der Waals surface area contributed by atoms with Crippen LogP contribution in [0, 0.1) is 0 Å². The number of carbonyl (C=O) groups excluding carboxylic acids is 3. The summed E-state index contributed by atoms with van der Waals surface area (Å²) in [5.74, 6) is -1.33. The number of aliphatic hydroxyl groups excluding tert-OH is 1. The van der Waals surface area contributed by atoms with Crippen LogP contribution >= 0.6 is 0 Å². The number of aliphatic hydroxyl groups is 1. The van der Waals surface area contributed by atoms with Crippen molar-refractivity contribution >= 4 is 17.8 Å². The van der Waals surface area contributed by atoms with Crippen LogP contribution in [0.25, 0.3) is 0 Å². The Balaban J connectivity index is 3.01. The maximum atomic E-state index is 11.2. The fourth-order valence-corrected chi connectivity index (χ4v) is 2.20. The van der Waals surface area contributed by atoms with E-state index < -0.39 is 42.5 Å². The summed E-state index contributed by atoms with van der Waals surface area (Å²) in [6.07, 6.45) is -2.83. The van der Waals surface area contributed by atoms with Crippen LogP contribution in [-0.4, -0.2) is 53.5 Å². The monoisotopic (exact) mass is 288 g/mol. The molecule has 1 fully saturated rings. The van der Waals surface area contributed by atoms with Gasteiger partial charge in [0.05, 0.1) is 12.1 Å². The fourth-order valence-electron chi connectivity index (χ4n) is 2.20. The number of rotatable bonds is 3. The number of nitrogens with one attached hydrogen (secondary N) is 2. The first kappa shape index (κ1) is 16.4. The van der Waals surface area contributed by atoms with Crippen molar-refractivity contribution in [3.05, 3.63) is 0 Å². The van der Waals surface area contributed by atoms with Crippen LogP contribution < -0.4 is 10.6 Å². The Morgan fingerprint density at radius 1 is 1.05 bits per heavy atom. The molecular formula is C12H20N2O6. The van der Waals surface area contributed by atoms with Crippen LogP contribution in [0.4, 0.5) is 0 Å². The molecule has 0 saturated carbocycles. The van der Waals surface area contributed by atoms with E-state index in [1.165, 1.54) is 20.8 Å². The van der Waals surface area contributed by atoms with Crippen molar-refractivity contribution in [2.75, 3.05) is 0 Å². The Kier molecular flexibility index (Phi) is 5.46. The summed E-state index contributed by atoms with van der Waals surface area (Å²) in [6, 6.07) is -1.62. The Bertz CT molecular complexity index is 371. The van der Waals surface area contributed by atoms with Gasteiger partial charge in [0.2, 0.25) is 11.8 Å². The van der Waals surface area contributed by atoms with Crippen molar-refractivity contribution in [3.8, 4) is 0 Å². The van der Waals surface area contributed by atoms with Gasteiger partial charge in [0, 0.05) is 20.8 Å². The topological polar surface area (TPSA) is 114 Å². The second kappa shape index (κ2) is 6.67. The molecule has 20 heavy (non-hydrogen) atoms. The number of esters is 1. The van der Waals surface area contributed by atoms with E-state index in [9.17, 15) is 19.5 Å². The first-order valence-electron chi connectivity index (χ1n) is 6.27. The summed E-state index contributed by atoms with van der Waals surface area (Å²) < 4.78 is 10.4. The van der Waals surface area contributed by atoms with Gasteiger partial charge in [-0.25, -0.2) is 0 Å². The van der Waals surface area contributed by atoms with E-state index in [4.69, 9.17) is 9.47 Å². The van der Waals surface area contributed by atoms with E-state index in [1.54, 1.807) is 6.92 Å². The summed E-state index contributed by atoms with van der Waals surface area (Å²) in [5, 5.41) is 15.0. The molecule has 1 saturated heterocycles. The molecule has 0 aliphatic carbocycles. The molecule has 0 radical (unpaired) electrons. The molecule has 0 bridgehead atoms. The van der Waals surface area contributed by atoms with Crippen molar-refractivity contribution in [1.82, 2.24) is 10.6 Å². The molecule has 5 unspecified atom stereocenters. The lowest BCUT2D eigenvalue weighted by Gasteiger charge is -2.43. The second-order valence-corrected chi connectivity index (χ2v) is 4.76. The molecule has 8 nitrogen and oxygen atoms in total. The highest BCUT2D eigenvalue weighted by Gasteiger charge is 2.46. The van der Waals surface area contributed by atoms with E-state index in [1.807, 2.05) is 0 Å². The van der Waals surface area contributed by atoms with Gasteiger partial charge in [0.15, 0.2) is 6.29 Å². The zero-order valence-electron chi connectivity index (χ0n) is 11.9. The van der Waals surface area contributed by atoms with Gasteiger partial charge < -0.3 is 25.2 Å². The molecule has 0 spiro atoms. The van der Waals surface area contributed by atoms with E-state index in [0.29, 0.717) is 0 Å². The summed E-state index contributed by atoms with van der Waals surface area (Å²) >= 11 is 0. The molecular weight excluding hydrogens is 268 g/mol. The van der Waals surface area contributed by atoms with E-state index in [-0.39, 0.29) is 5.91 Å². The van der Waals surface area contributed by atoms with Gasteiger partial charge >= 0.3 is 5.97 Å². The molecule has 1 rings (SSSR count). The number of amides is 2. The third kappa shape index (κ3) is 4.17. The van der Waals surface area contributed by atoms with Gasteiger partial charge in [0.1, 0.15) is 12.1 Å². The van der Waals surface area contributed by atoms with Gasteiger partial charge in [0.25, 0.3) is 0 Å². The highest BCUT2D eigenvalue weighted by molar-refractivity contribution is 5.74. The smallest absolute Gasteiger partial charge is 0.303 e. The quantitative estimate of drug-likeness (QED) is 0.554. The number of ether oxygens (including phenoxy) is 2. The van der Waals surface area contributed by atoms with Crippen LogP contribution in [0.2, 0.25) is 0 Å².